The van der Waals surface area contributed by atoms with E-state index in [1.165, 1.54) is 23.8 Å². The normalized spacial score (nSPS) is 11.8. The van der Waals surface area contributed by atoms with Gasteiger partial charge in [-0.2, -0.15) is 0 Å². The van der Waals surface area contributed by atoms with Crippen molar-refractivity contribution in [1.29, 1.82) is 0 Å². The van der Waals surface area contributed by atoms with Gasteiger partial charge in [-0.25, -0.2) is 27.1 Å². The zero-order valence-corrected chi connectivity index (χ0v) is 21.4. The minimum atomic E-state index is -4.47. The smallest absolute Gasteiger partial charge is 0.364 e. The predicted octanol–water partition coefficient (Wildman–Crippen LogP) is 2.98. The monoisotopic (exact) mass is 512 g/mol. The lowest BCUT2D eigenvalue weighted by molar-refractivity contribution is -0.698. The predicted molar refractivity (Wildman–Crippen MR) is 127 cm³/mol. The van der Waals surface area contributed by atoms with E-state index in [2.05, 4.69) is 11.1 Å². The molecule has 35 heavy (non-hydrogen) atoms. The Bertz CT molecular complexity index is 976. The summed E-state index contributed by atoms with van der Waals surface area (Å²) in [5, 5.41) is 0. The Hall–Kier alpha value is -2.76. The Kier molecular flexibility index (Phi) is 14.5. The minimum absolute atomic E-state index is 0.0258. The first kappa shape index (κ1) is 30.3. The molecule has 2 rings (SSSR count). The van der Waals surface area contributed by atoms with Crippen molar-refractivity contribution in [3.8, 4) is 0 Å². The Morgan fingerprint density at radius 1 is 1.00 bits per heavy atom. The number of unbranched alkanes of at least 4 members (excludes halogenated alkanes) is 5. The quantitative estimate of drug-likeness (QED) is 0.0944. The lowest BCUT2D eigenvalue weighted by Gasteiger charge is -2.12. The van der Waals surface area contributed by atoms with E-state index in [9.17, 15) is 22.6 Å². The highest BCUT2D eigenvalue weighted by molar-refractivity contribution is 7.80. The number of imidazole rings is 1. The SMILES string of the molecule is CCCCCCCCOS(=O)(=O)[O-].CCOC(=O)C(C(=O)OCc1ccccc1)[n+]1ccn(C)c1. The zero-order valence-electron chi connectivity index (χ0n) is 20.6. The number of hydrogen-bond acceptors (Lipinski definition) is 8. The van der Waals surface area contributed by atoms with Crippen LogP contribution >= 0.6 is 0 Å². The van der Waals surface area contributed by atoms with Crippen molar-refractivity contribution in [1.82, 2.24) is 4.57 Å². The highest BCUT2D eigenvalue weighted by Gasteiger charge is 2.36. The maximum absolute atomic E-state index is 12.3. The average molecular weight is 513 g/mol. The molecule has 11 heteroatoms. The van der Waals surface area contributed by atoms with Crippen molar-refractivity contribution >= 4 is 22.3 Å². The fourth-order valence-electron chi connectivity index (χ4n) is 3.03. The molecule has 1 aromatic carbocycles. The highest BCUT2D eigenvalue weighted by Crippen LogP contribution is 2.08. The van der Waals surface area contributed by atoms with Gasteiger partial charge >= 0.3 is 11.9 Å². The second-order valence-corrected chi connectivity index (χ2v) is 8.82. The third-order valence-electron chi connectivity index (χ3n) is 4.77. The first-order valence-electron chi connectivity index (χ1n) is 11.7. The van der Waals surface area contributed by atoms with Gasteiger partial charge in [-0.3, -0.25) is 4.18 Å². The Morgan fingerprint density at radius 3 is 2.20 bits per heavy atom. The zero-order chi connectivity index (χ0) is 26.1. The lowest BCUT2D eigenvalue weighted by Crippen LogP contribution is -2.48. The molecule has 2 aromatic rings. The fourth-order valence-corrected chi connectivity index (χ4v) is 3.36. The van der Waals surface area contributed by atoms with Gasteiger partial charge in [0.2, 0.25) is 16.7 Å². The van der Waals surface area contributed by atoms with Gasteiger partial charge in [0.05, 0.1) is 20.3 Å². The summed E-state index contributed by atoms with van der Waals surface area (Å²) in [5.74, 6) is -1.27. The molecule has 196 valence electrons. The molecular formula is C24H36N2O8S. The van der Waals surface area contributed by atoms with E-state index in [4.69, 9.17) is 9.47 Å². The number of esters is 2. The van der Waals surface area contributed by atoms with Gasteiger partial charge in [0.1, 0.15) is 19.0 Å². The van der Waals surface area contributed by atoms with Crippen LogP contribution in [0.1, 0.15) is 64.0 Å². The third-order valence-corrected chi connectivity index (χ3v) is 5.23. The second-order valence-electron chi connectivity index (χ2n) is 7.77. The molecule has 0 aliphatic carbocycles. The minimum Gasteiger partial charge on any atom is -0.726 e. The average Bonchev–Trinajstić information content (AvgIpc) is 3.23. The van der Waals surface area contributed by atoms with E-state index in [1.54, 1.807) is 37.3 Å². The molecule has 1 atom stereocenters. The van der Waals surface area contributed by atoms with E-state index < -0.39 is 28.4 Å². The van der Waals surface area contributed by atoms with Gasteiger partial charge in [-0.15, -0.1) is 0 Å². The molecule has 1 aromatic heterocycles. The molecule has 0 aliphatic heterocycles. The van der Waals surface area contributed by atoms with E-state index in [1.807, 2.05) is 30.3 Å². The first-order chi connectivity index (χ1) is 16.7. The van der Waals surface area contributed by atoms with E-state index in [0.717, 1.165) is 18.4 Å². The van der Waals surface area contributed by atoms with Crippen molar-refractivity contribution in [2.24, 2.45) is 7.05 Å². The van der Waals surface area contributed by atoms with Crippen molar-refractivity contribution in [2.45, 2.75) is 65.0 Å². The topological polar surface area (TPSA) is 128 Å². The molecule has 0 saturated carbocycles. The van der Waals surface area contributed by atoms with Crippen LogP contribution in [-0.4, -0.2) is 42.7 Å². The van der Waals surface area contributed by atoms with Crippen molar-refractivity contribution < 1.29 is 40.8 Å². The number of rotatable bonds is 14. The largest absolute Gasteiger partial charge is 0.726 e. The Balaban J connectivity index is 0.000000405. The molecule has 0 amide bonds. The molecule has 0 bridgehead atoms. The number of benzene rings is 1. The van der Waals surface area contributed by atoms with Gasteiger partial charge in [-0.05, 0) is 18.9 Å². The molecule has 10 nitrogen and oxygen atoms in total. The molecule has 0 radical (unpaired) electrons. The molecule has 0 spiro atoms. The van der Waals surface area contributed by atoms with E-state index in [-0.39, 0.29) is 19.8 Å². The summed E-state index contributed by atoms with van der Waals surface area (Å²) < 4.78 is 47.5. The van der Waals surface area contributed by atoms with Crippen LogP contribution in [0.15, 0.2) is 49.1 Å². The van der Waals surface area contributed by atoms with Crippen LogP contribution < -0.4 is 4.57 Å². The Morgan fingerprint density at radius 2 is 1.63 bits per heavy atom. The summed E-state index contributed by atoms with van der Waals surface area (Å²) in [5.41, 5.74) is 0.858. The summed E-state index contributed by atoms with van der Waals surface area (Å²) >= 11 is 0. The van der Waals surface area contributed by atoms with Gasteiger partial charge in [-0.1, -0.05) is 69.4 Å². The maximum atomic E-state index is 12.3. The van der Waals surface area contributed by atoms with Crippen molar-refractivity contribution in [2.75, 3.05) is 13.2 Å². The molecule has 1 unspecified atom stereocenters. The number of aryl methyl sites for hydroxylation is 1. The molecule has 0 aliphatic rings. The van der Waals surface area contributed by atoms with Crippen LogP contribution in [0.3, 0.4) is 0 Å². The molecule has 0 N–H and O–H groups in total. The first-order valence-corrected chi connectivity index (χ1v) is 13.0. The molecule has 1 heterocycles. The van der Waals surface area contributed by atoms with Crippen LogP contribution in [0.5, 0.6) is 0 Å². The fraction of sp³-hybridized carbons (Fsp3) is 0.542. The van der Waals surface area contributed by atoms with Gasteiger partial charge < -0.3 is 14.0 Å². The van der Waals surface area contributed by atoms with E-state index in [0.29, 0.717) is 6.42 Å². The third kappa shape index (κ3) is 13.6. The van der Waals surface area contributed by atoms with Crippen LogP contribution in [0, 0.1) is 0 Å². The number of carbonyl (C=O) groups excluding carboxylic acids is 2. The van der Waals surface area contributed by atoms with Gasteiger partial charge in [0, 0.05) is 0 Å². The summed E-state index contributed by atoms with van der Waals surface area (Å²) in [4.78, 5) is 24.3. The van der Waals surface area contributed by atoms with Crippen molar-refractivity contribution in [3.63, 3.8) is 0 Å². The van der Waals surface area contributed by atoms with Crippen LogP contribution in [-0.2, 0) is 47.3 Å². The standard InChI is InChI=1S/C16H19N2O4.C8H18O4S/c1-3-21-15(19)14(18-10-9-17(2)12-18)16(20)22-11-13-7-5-4-6-8-13;1-2-3-4-5-6-7-8-12-13(9,10)11/h4-10,12,14H,3,11H2,1-2H3;2-8H2,1H3,(H,9,10,11)/q+1;/p-1. The highest BCUT2D eigenvalue weighted by atomic mass is 32.3. The number of aromatic nitrogens is 2. The van der Waals surface area contributed by atoms with Gasteiger partial charge in [0.15, 0.2) is 0 Å². The van der Waals surface area contributed by atoms with Crippen molar-refractivity contribution in [3.05, 3.63) is 54.6 Å². The number of hydrogen-bond donors (Lipinski definition) is 0. The number of nitrogens with zero attached hydrogens (tertiary/aromatic N) is 2. The summed E-state index contributed by atoms with van der Waals surface area (Å²) in [6.07, 6.45) is 11.2. The summed E-state index contributed by atoms with van der Waals surface area (Å²) in [6, 6.07) is 8.16. The molecular weight excluding hydrogens is 476 g/mol. The van der Waals surface area contributed by atoms with Crippen LogP contribution in [0.2, 0.25) is 0 Å². The van der Waals surface area contributed by atoms with Crippen LogP contribution in [0.4, 0.5) is 0 Å². The number of ether oxygens (including phenoxy) is 2. The number of carbonyl (C=O) groups is 2. The Labute approximate surface area is 207 Å². The second kappa shape index (κ2) is 16.8. The van der Waals surface area contributed by atoms with Crippen LogP contribution in [0.25, 0.3) is 0 Å². The lowest BCUT2D eigenvalue weighted by atomic mass is 10.1. The van der Waals surface area contributed by atoms with E-state index >= 15 is 0 Å². The summed E-state index contributed by atoms with van der Waals surface area (Å²) in [6.45, 7) is 4.17. The van der Waals surface area contributed by atoms with Gasteiger partial charge in [0.25, 0.3) is 6.04 Å². The summed E-state index contributed by atoms with van der Waals surface area (Å²) in [7, 11) is -2.67. The maximum Gasteiger partial charge on any atom is 0.364 e. The molecule has 0 saturated heterocycles. The molecule has 0 fully saturated rings.